The molecule has 4 nitrogen and oxygen atoms in total. The van der Waals surface area contributed by atoms with Crippen LogP contribution >= 0.6 is 0 Å². The number of hydrogen-bond donors (Lipinski definition) is 2. The van der Waals surface area contributed by atoms with Gasteiger partial charge in [0, 0.05) is 5.69 Å². The Morgan fingerprint density at radius 2 is 1.94 bits per heavy atom. The van der Waals surface area contributed by atoms with Gasteiger partial charge in [-0.1, -0.05) is 25.1 Å². The van der Waals surface area contributed by atoms with Gasteiger partial charge in [-0.15, -0.1) is 0 Å². The fourth-order valence-electron chi connectivity index (χ4n) is 1.61. The topological polar surface area (TPSA) is 66.4 Å². The molecule has 0 fully saturated rings. The summed E-state index contributed by atoms with van der Waals surface area (Å²) in [4.78, 5) is 21.9. The minimum atomic E-state index is -0.812. The molecular formula is C14H17NO3. The van der Waals surface area contributed by atoms with Gasteiger partial charge in [-0.2, -0.15) is 0 Å². The van der Waals surface area contributed by atoms with Crippen LogP contribution in [0.2, 0.25) is 0 Å². The van der Waals surface area contributed by atoms with Crippen molar-refractivity contribution >= 4 is 17.6 Å². The van der Waals surface area contributed by atoms with Crippen LogP contribution in [0.5, 0.6) is 0 Å². The number of carbonyl (C=O) groups is 2. The number of carbonyl (C=O) groups excluding carboxylic acids is 1. The summed E-state index contributed by atoms with van der Waals surface area (Å²) >= 11 is 0. The molecule has 0 heterocycles. The number of carboxylic acids is 1. The maximum absolute atomic E-state index is 11.3. The zero-order valence-electron chi connectivity index (χ0n) is 10.5. The normalized spacial score (nSPS) is 12.3. The van der Waals surface area contributed by atoms with Gasteiger partial charge in [-0.25, -0.2) is 0 Å². The highest BCUT2D eigenvalue weighted by molar-refractivity contribution is 5.99. The van der Waals surface area contributed by atoms with Gasteiger partial charge in [-0.3, -0.25) is 9.59 Å². The number of rotatable bonds is 5. The second kappa shape index (κ2) is 6.59. The maximum atomic E-state index is 11.3. The number of benzene rings is 1. The molecule has 0 spiro atoms. The first-order valence-electron chi connectivity index (χ1n) is 5.78. The van der Waals surface area contributed by atoms with Gasteiger partial charge >= 0.3 is 5.97 Å². The molecule has 1 amide bonds. The molecule has 2 N–H and O–H groups in total. The van der Waals surface area contributed by atoms with Crippen LogP contribution in [0.25, 0.3) is 0 Å². The molecule has 1 unspecified atom stereocenters. The third-order valence-electron chi connectivity index (χ3n) is 2.55. The molecule has 1 aromatic rings. The van der Waals surface area contributed by atoms with Crippen LogP contribution in [0.4, 0.5) is 5.69 Å². The van der Waals surface area contributed by atoms with Crippen LogP contribution in [0, 0.1) is 0 Å². The number of nitrogens with one attached hydrogen (secondary N) is 1. The minimum Gasteiger partial charge on any atom is -0.481 e. The summed E-state index contributed by atoms with van der Waals surface area (Å²) in [6, 6.07) is 7.21. The van der Waals surface area contributed by atoms with Crippen LogP contribution in [-0.4, -0.2) is 17.0 Å². The van der Waals surface area contributed by atoms with E-state index in [4.69, 9.17) is 5.11 Å². The van der Waals surface area contributed by atoms with Gasteiger partial charge in [0.05, 0.1) is 6.42 Å². The molecule has 0 aliphatic rings. The SMILES string of the molecule is C/C=C/C(=O)Nc1ccc(C(C)CC(=O)O)cc1. The molecule has 1 rings (SSSR count). The van der Waals surface area contributed by atoms with Crippen molar-refractivity contribution < 1.29 is 14.7 Å². The van der Waals surface area contributed by atoms with Crippen LogP contribution in [-0.2, 0) is 9.59 Å². The maximum Gasteiger partial charge on any atom is 0.303 e. The van der Waals surface area contributed by atoms with Gasteiger partial charge in [-0.05, 0) is 36.6 Å². The lowest BCUT2D eigenvalue weighted by Gasteiger charge is -2.10. The van der Waals surface area contributed by atoms with E-state index in [1.807, 2.05) is 19.1 Å². The number of hydrogen-bond acceptors (Lipinski definition) is 2. The highest BCUT2D eigenvalue weighted by Crippen LogP contribution is 2.20. The van der Waals surface area contributed by atoms with E-state index in [9.17, 15) is 9.59 Å². The van der Waals surface area contributed by atoms with E-state index < -0.39 is 5.97 Å². The first-order valence-corrected chi connectivity index (χ1v) is 5.78. The van der Waals surface area contributed by atoms with Gasteiger partial charge in [0.1, 0.15) is 0 Å². The van der Waals surface area contributed by atoms with Crippen molar-refractivity contribution in [2.75, 3.05) is 5.32 Å². The van der Waals surface area contributed by atoms with Gasteiger partial charge in [0.2, 0.25) is 5.91 Å². The first kappa shape index (κ1) is 14.0. The molecule has 1 atom stereocenters. The molecule has 0 saturated heterocycles. The summed E-state index contributed by atoms with van der Waals surface area (Å²) in [5.41, 5.74) is 1.64. The second-order valence-electron chi connectivity index (χ2n) is 4.11. The lowest BCUT2D eigenvalue weighted by atomic mass is 9.98. The average molecular weight is 247 g/mol. The van der Waals surface area contributed by atoms with E-state index in [2.05, 4.69) is 5.32 Å². The number of amides is 1. The molecule has 0 aromatic heterocycles. The number of carboxylic acid groups (broad SMARTS) is 1. The van der Waals surface area contributed by atoms with Crippen LogP contribution in [0.15, 0.2) is 36.4 Å². The predicted octanol–water partition coefficient (Wildman–Crippen LogP) is 2.78. The highest BCUT2D eigenvalue weighted by atomic mass is 16.4. The van der Waals surface area contributed by atoms with E-state index in [0.717, 1.165) is 5.56 Å². The average Bonchev–Trinajstić information content (AvgIpc) is 2.29. The highest BCUT2D eigenvalue weighted by Gasteiger charge is 2.09. The van der Waals surface area contributed by atoms with Crippen molar-refractivity contribution in [3.63, 3.8) is 0 Å². The smallest absolute Gasteiger partial charge is 0.303 e. The van der Waals surface area contributed by atoms with Gasteiger partial charge < -0.3 is 10.4 Å². The van der Waals surface area contributed by atoms with Gasteiger partial charge in [0.25, 0.3) is 0 Å². The largest absolute Gasteiger partial charge is 0.481 e. The first-order chi connectivity index (χ1) is 8.52. The third-order valence-corrected chi connectivity index (χ3v) is 2.55. The number of anilines is 1. The van der Waals surface area contributed by atoms with Crippen molar-refractivity contribution in [2.45, 2.75) is 26.2 Å². The lowest BCUT2D eigenvalue weighted by Crippen LogP contribution is -2.08. The summed E-state index contributed by atoms with van der Waals surface area (Å²) in [7, 11) is 0. The molecule has 0 radical (unpaired) electrons. The monoisotopic (exact) mass is 247 g/mol. The third kappa shape index (κ3) is 4.41. The van der Waals surface area contributed by atoms with Crippen molar-refractivity contribution in [1.82, 2.24) is 0 Å². The Morgan fingerprint density at radius 3 is 2.44 bits per heavy atom. The molecule has 0 saturated carbocycles. The van der Waals surface area contributed by atoms with Crippen LogP contribution in [0.3, 0.4) is 0 Å². The fourth-order valence-corrected chi connectivity index (χ4v) is 1.61. The molecular weight excluding hydrogens is 230 g/mol. The Bertz CT molecular complexity index is 449. The standard InChI is InChI=1S/C14H17NO3/c1-3-4-13(16)15-12-7-5-11(6-8-12)10(2)9-14(17)18/h3-8,10H,9H2,1-2H3,(H,15,16)(H,17,18)/b4-3+. The summed E-state index contributed by atoms with van der Waals surface area (Å²) in [5, 5.41) is 11.4. The Hall–Kier alpha value is -2.10. The van der Waals surface area contributed by atoms with E-state index in [0.29, 0.717) is 5.69 Å². The van der Waals surface area contributed by atoms with E-state index >= 15 is 0 Å². The van der Waals surface area contributed by atoms with Crippen molar-refractivity contribution in [3.8, 4) is 0 Å². The fraction of sp³-hybridized carbons (Fsp3) is 0.286. The molecule has 96 valence electrons. The molecule has 1 aromatic carbocycles. The molecule has 0 aliphatic carbocycles. The Kier molecular flexibility index (Phi) is 5.11. The molecule has 4 heteroatoms. The van der Waals surface area contributed by atoms with Crippen LogP contribution < -0.4 is 5.32 Å². The molecule has 0 bridgehead atoms. The summed E-state index contributed by atoms with van der Waals surface area (Å²) in [6.45, 7) is 3.64. The summed E-state index contributed by atoms with van der Waals surface area (Å²) in [5.74, 6) is -1.03. The Morgan fingerprint density at radius 1 is 1.33 bits per heavy atom. The molecule has 0 aliphatic heterocycles. The molecule has 18 heavy (non-hydrogen) atoms. The Labute approximate surface area is 106 Å². The van der Waals surface area contributed by atoms with E-state index in [1.54, 1.807) is 25.1 Å². The zero-order chi connectivity index (χ0) is 13.5. The number of aliphatic carboxylic acids is 1. The van der Waals surface area contributed by atoms with Crippen molar-refractivity contribution in [3.05, 3.63) is 42.0 Å². The number of allylic oxidation sites excluding steroid dienone is 1. The Balaban J connectivity index is 2.67. The van der Waals surface area contributed by atoms with Crippen molar-refractivity contribution in [1.29, 1.82) is 0 Å². The minimum absolute atomic E-state index is 0.0391. The van der Waals surface area contributed by atoms with E-state index in [1.165, 1.54) is 6.08 Å². The summed E-state index contributed by atoms with van der Waals surface area (Å²) < 4.78 is 0. The van der Waals surface area contributed by atoms with Gasteiger partial charge in [0.15, 0.2) is 0 Å². The van der Waals surface area contributed by atoms with Crippen LogP contribution in [0.1, 0.15) is 31.7 Å². The zero-order valence-corrected chi connectivity index (χ0v) is 10.5. The summed E-state index contributed by atoms with van der Waals surface area (Å²) in [6.07, 6.45) is 3.21. The van der Waals surface area contributed by atoms with E-state index in [-0.39, 0.29) is 18.2 Å². The quantitative estimate of drug-likeness (QED) is 0.786. The lowest BCUT2D eigenvalue weighted by molar-refractivity contribution is -0.137. The second-order valence-corrected chi connectivity index (χ2v) is 4.11. The van der Waals surface area contributed by atoms with Crippen molar-refractivity contribution in [2.24, 2.45) is 0 Å². The predicted molar refractivity (Wildman–Crippen MR) is 70.6 cm³/mol.